The summed E-state index contributed by atoms with van der Waals surface area (Å²) in [7, 11) is -3.43. The van der Waals surface area contributed by atoms with Crippen LogP contribution in [-0.4, -0.2) is 25.1 Å². The number of thiazole rings is 1. The Morgan fingerprint density at radius 2 is 1.90 bits per heavy atom. The molecule has 0 saturated heterocycles. The molecule has 0 unspecified atom stereocenters. The summed E-state index contributed by atoms with van der Waals surface area (Å²) in [5, 5.41) is 0.530. The van der Waals surface area contributed by atoms with Crippen LogP contribution < -0.4 is 4.90 Å². The monoisotopic (exact) mass is 454 g/mol. The number of benzene rings is 2. The number of sulfone groups is 1. The molecule has 0 spiro atoms. The Balaban J connectivity index is 1.53. The zero-order chi connectivity index (χ0) is 21.8. The molecule has 2 heterocycles. The predicted molar refractivity (Wildman–Crippen MR) is 123 cm³/mol. The van der Waals surface area contributed by atoms with Crippen LogP contribution in [0.4, 0.5) is 5.13 Å². The standard InChI is InChI=1S/C23H22N2O4S2/c1-17-9-10-20-21(14-17)30-23(24-20)25(15-19-8-5-12-29-19)22(26)11-13-31(27,28)16-18-6-3-2-4-7-18/h2-10,12,14H,11,13,15-16H2,1H3. The number of anilines is 1. The number of fused-ring (bicyclic) bond motifs is 1. The maximum absolute atomic E-state index is 13.1. The van der Waals surface area contributed by atoms with Gasteiger partial charge in [0.05, 0.1) is 34.5 Å². The molecule has 160 valence electrons. The maximum Gasteiger partial charge on any atom is 0.230 e. The summed E-state index contributed by atoms with van der Waals surface area (Å²) in [5.41, 5.74) is 2.63. The Bertz CT molecular complexity index is 1280. The van der Waals surface area contributed by atoms with Gasteiger partial charge in [0.15, 0.2) is 15.0 Å². The van der Waals surface area contributed by atoms with E-state index in [2.05, 4.69) is 4.98 Å². The molecular formula is C23H22N2O4S2. The number of rotatable bonds is 8. The smallest absolute Gasteiger partial charge is 0.230 e. The normalized spacial score (nSPS) is 11.6. The number of nitrogens with zero attached hydrogens (tertiary/aromatic N) is 2. The minimum absolute atomic E-state index is 0.0836. The first kappa shape index (κ1) is 21.3. The highest BCUT2D eigenvalue weighted by Gasteiger charge is 2.23. The van der Waals surface area contributed by atoms with Crippen molar-refractivity contribution in [3.8, 4) is 0 Å². The van der Waals surface area contributed by atoms with Crippen LogP contribution in [0.15, 0.2) is 71.3 Å². The van der Waals surface area contributed by atoms with Crippen molar-refractivity contribution in [3.63, 3.8) is 0 Å². The molecule has 6 nitrogen and oxygen atoms in total. The van der Waals surface area contributed by atoms with E-state index in [0.717, 1.165) is 15.8 Å². The lowest BCUT2D eigenvalue weighted by atomic mass is 10.2. The van der Waals surface area contributed by atoms with Gasteiger partial charge >= 0.3 is 0 Å². The summed E-state index contributed by atoms with van der Waals surface area (Å²) >= 11 is 1.41. The predicted octanol–water partition coefficient (Wildman–Crippen LogP) is 4.74. The van der Waals surface area contributed by atoms with Gasteiger partial charge in [-0.1, -0.05) is 47.7 Å². The summed E-state index contributed by atoms with van der Waals surface area (Å²) in [5.74, 6) is -0.00113. The van der Waals surface area contributed by atoms with Crippen molar-refractivity contribution < 1.29 is 17.6 Å². The molecule has 0 fully saturated rings. The third kappa shape index (κ3) is 5.39. The van der Waals surface area contributed by atoms with Crippen LogP contribution in [0.5, 0.6) is 0 Å². The third-order valence-electron chi connectivity index (χ3n) is 4.81. The van der Waals surface area contributed by atoms with Gasteiger partial charge < -0.3 is 4.42 Å². The number of aryl methyl sites for hydroxylation is 1. The van der Waals surface area contributed by atoms with Gasteiger partial charge in [0.25, 0.3) is 0 Å². The van der Waals surface area contributed by atoms with Crippen molar-refractivity contribution in [3.05, 3.63) is 83.8 Å². The van der Waals surface area contributed by atoms with E-state index in [1.165, 1.54) is 16.2 Å². The lowest BCUT2D eigenvalue weighted by molar-refractivity contribution is -0.118. The molecule has 0 N–H and O–H groups in total. The summed E-state index contributed by atoms with van der Waals surface area (Å²) in [6.07, 6.45) is 1.43. The molecule has 1 amide bonds. The zero-order valence-electron chi connectivity index (χ0n) is 17.0. The van der Waals surface area contributed by atoms with E-state index in [9.17, 15) is 13.2 Å². The Morgan fingerprint density at radius 3 is 2.65 bits per heavy atom. The van der Waals surface area contributed by atoms with Gasteiger partial charge in [0.2, 0.25) is 5.91 Å². The molecule has 0 saturated carbocycles. The number of hydrogen-bond donors (Lipinski definition) is 0. The van der Waals surface area contributed by atoms with E-state index in [0.29, 0.717) is 16.5 Å². The summed E-state index contributed by atoms with van der Waals surface area (Å²) in [4.78, 5) is 19.2. The number of amides is 1. The highest BCUT2D eigenvalue weighted by Crippen LogP contribution is 2.31. The Hall–Kier alpha value is -2.97. The molecule has 0 aliphatic rings. The number of aromatic nitrogens is 1. The highest BCUT2D eigenvalue weighted by atomic mass is 32.2. The average Bonchev–Trinajstić information content (AvgIpc) is 3.40. The Morgan fingerprint density at radius 1 is 1.10 bits per heavy atom. The molecule has 4 rings (SSSR count). The fraction of sp³-hybridized carbons (Fsp3) is 0.217. The molecule has 2 aromatic heterocycles. The molecule has 0 bridgehead atoms. The lowest BCUT2D eigenvalue weighted by Crippen LogP contribution is -2.31. The van der Waals surface area contributed by atoms with E-state index in [4.69, 9.17) is 4.42 Å². The van der Waals surface area contributed by atoms with Crippen LogP contribution in [-0.2, 0) is 26.9 Å². The van der Waals surface area contributed by atoms with E-state index >= 15 is 0 Å². The Kier molecular flexibility index (Phi) is 6.20. The summed E-state index contributed by atoms with van der Waals surface area (Å²) < 4.78 is 31.5. The fourth-order valence-electron chi connectivity index (χ4n) is 3.23. The summed E-state index contributed by atoms with van der Waals surface area (Å²) in [6, 6.07) is 18.4. The van der Waals surface area contributed by atoms with Gasteiger partial charge in [-0.25, -0.2) is 13.4 Å². The van der Waals surface area contributed by atoms with Crippen molar-refractivity contribution in [1.82, 2.24) is 4.98 Å². The maximum atomic E-state index is 13.1. The van der Waals surface area contributed by atoms with Gasteiger partial charge in [-0.2, -0.15) is 0 Å². The average molecular weight is 455 g/mol. The van der Waals surface area contributed by atoms with E-state index in [1.54, 1.807) is 42.7 Å². The van der Waals surface area contributed by atoms with E-state index < -0.39 is 9.84 Å². The van der Waals surface area contributed by atoms with E-state index in [-0.39, 0.29) is 30.4 Å². The first-order valence-corrected chi connectivity index (χ1v) is 12.5. The van der Waals surface area contributed by atoms with Crippen LogP contribution in [0.25, 0.3) is 10.2 Å². The molecule has 0 radical (unpaired) electrons. The summed E-state index contributed by atoms with van der Waals surface area (Å²) in [6.45, 7) is 2.20. The van der Waals surface area contributed by atoms with Gasteiger partial charge in [-0.15, -0.1) is 0 Å². The number of furan rings is 1. The van der Waals surface area contributed by atoms with Crippen LogP contribution in [0.1, 0.15) is 23.3 Å². The number of hydrogen-bond acceptors (Lipinski definition) is 6. The first-order valence-electron chi connectivity index (χ1n) is 9.84. The third-order valence-corrected chi connectivity index (χ3v) is 7.46. The minimum Gasteiger partial charge on any atom is -0.467 e. The van der Waals surface area contributed by atoms with Gasteiger partial charge in [-0.3, -0.25) is 9.69 Å². The van der Waals surface area contributed by atoms with Gasteiger partial charge in [0.1, 0.15) is 5.76 Å². The SMILES string of the molecule is Cc1ccc2nc(N(Cc3ccco3)C(=O)CCS(=O)(=O)Cc3ccccc3)sc2c1. The number of carbonyl (C=O) groups is 1. The second-order valence-electron chi connectivity index (χ2n) is 7.35. The van der Waals surface area contributed by atoms with Crippen LogP contribution in [0.2, 0.25) is 0 Å². The molecule has 0 aliphatic heterocycles. The highest BCUT2D eigenvalue weighted by molar-refractivity contribution is 7.90. The zero-order valence-corrected chi connectivity index (χ0v) is 18.7. The molecular weight excluding hydrogens is 432 g/mol. The lowest BCUT2D eigenvalue weighted by Gasteiger charge is -2.18. The van der Waals surface area contributed by atoms with Gasteiger partial charge in [0, 0.05) is 6.42 Å². The molecule has 8 heteroatoms. The van der Waals surface area contributed by atoms with Crippen LogP contribution >= 0.6 is 11.3 Å². The second kappa shape index (κ2) is 9.03. The van der Waals surface area contributed by atoms with E-state index in [1.807, 2.05) is 31.2 Å². The van der Waals surface area contributed by atoms with Crippen molar-refractivity contribution in [1.29, 1.82) is 0 Å². The van der Waals surface area contributed by atoms with Crippen molar-refractivity contribution in [2.24, 2.45) is 0 Å². The number of carbonyl (C=O) groups excluding carboxylic acids is 1. The molecule has 4 aromatic rings. The molecule has 0 atom stereocenters. The molecule has 2 aromatic carbocycles. The Labute approximate surface area is 185 Å². The fourth-order valence-corrected chi connectivity index (χ4v) is 5.64. The second-order valence-corrected chi connectivity index (χ2v) is 10.5. The molecule has 31 heavy (non-hydrogen) atoms. The largest absolute Gasteiger partial charge is 0.467 e. The minimum atomic E-state index is -3.43. The van der Waals surface area contributed by atoms with Crippen molar-refractivity contribution >= 4 is 42.4 Å². The molecule has 0 aliphatic carbocycles. The van der Waals surface area contributed by atoms with Crippen LogP contribution in [0.3, 0.4) is 0 Å². The van der Waals surface area contributed by atoms with Crippen LogP contribution in [0, 0.1) is 6.92 Å². The first-order chi connectivity index (χ1) is 14.9. The van der Waals surface area contributed by atoms with Crippen molar-refractivity contribution in [2.45, 2.75) is 25.6 Å². The van der Waals surface area contributed by atoms with Crippen molar-refractivity contribution in [2.75, 3.05) is 10.7 Å². The van der Waals surface area contributed by atoms with Gasteiger partial charge in [-0.05, 0) is 42.3 Å². The topological polar surface area (TPSA) is 80.5 Å². The quantitative estimate of drug-likeness (QED) is 0.384.